The molecule has 3 N–H and O–H groups in total. The molecule has 0 aliphatic carbocycles. The van der Waals surface area contributed by atoms with Crippen molar-refractivity contribution in [3.63, 3.8) is 0 Å². The number of nitrogens with two attached hydrogens (primary N) is 1. The van der Waals surface area contributed by atoms with Gasteiger partial charge in [-0.3, -0.25) is 4.79 Å². The molecule has 1 aliphatic rings. The highest BCUT2D eigenvalue weighted by molar-refractivity contribution is 6.30. The molecular formula is C16H14ClN3O2. The number of hydrogen-bond donors (Lipinski definition) is 2. The number of carbonyl (C=O) groups is 1. The third-order valence-electron chi connectivity index (χ3n) is 3.33. The molecule has 0 saturated carbocycles. The lowest BCUT2D eigenvalue weighted by atomic mass is 10.1. The molecule has 6 heteroatoms. The van der Waals surface area contributed by atoms with Crippen LogP contribution < -0.4 is 11.1 Å². The zero-order valence-electron chi connectivity index (χ0n) is 11.6. The molecule has 0 radical (unpaired) electrons. The molecule has 22 heavy (non-hydrogen) atoms. The van der Waals surface area contributed by atoms with Crippen molar-refractivity contribution in [2.75, 3.05) is 11.9 Å². The lowest BCUT2D eigenvalue weighted by Gasteiger charge is -2.08. The van der Waals surface area contributed by atoms with Crippen molar-refractivity contribution in [2.45, 2.75) is 6.04 Å². The number of aliphatic imine (C=N–C) groups is 1. The minimum Gasteiger partial charge on any atom is -0.463 e. The van der Waals surface area contributed by atoms with Crippen LogP contribution >= 0.6 is 11.6 Å². The minimum absolute atomic E-state index is 0.103. The highest BCUT2D eigenvalue weighted by Crippen LogP contribution is 2.22. The quantitative estimate of drug-likeness (QED) is 0.914. The molecule has 0 unspecified atom stereocenters. The second-order valence-electron chi connectivity index (χ2n) is 4.88. The van der Waals surface area contributed by atoms with Gasteiger partial charge in [-0.2, -0.15) is 0 Å². The van der Waals surface area contributed by atoms with Crippen LogP contribution in [0.2, 0.25) is 5.02 Å². The molecule has 1 atom stereocenters. The van der Waals surface area contributed by atoms with Crippen molar-refractivity contribution >= 4 is 29.2 Å². The van der Waals surface area contributed by atoms with E-state index < -0.39 is 0 Å². The predicted octanol–water partition coefficient (Wildman–Crippen LogP) is 2.98. The van der Waals surface area contributed by atoms with E-state index in [2.05, 4.69) is 10.3 Å². The van der Waals surface area contributed by atoms with Crippen LogP contribution in [0.4, 0.5) is 5.69 Å². The molecule has 5 nitrogen and oxygen atoms in total. The summed E-state index contributed by atoms with van der Waals surface area (Å²) in [7, 11) is 0. The summed E-state index contributed by atoms with van der Waals surface area (Å²) >= 11 is 5.81. The number of benzene rings is 2. The van der Waals surface area contributed by atoms with Gasteiger partial charge in [0, 0.05) is 16.3 Å². The summed E-state index contributed by atoms with van der Waals surface area (Å²) in [5.74, 6) is -0.181. The fraction of sp³-hybridized carbons (Fsp3) is 0.125. The van der Waals surface area contributed by atoms with Crippen LogP contribution in [0.1, 0.15) is 22.0 Å². The van der Waals surface area contributed by atoms with Crippen LogP contribution in [-0.2, 0) is 4.74 Å². The Balaban J connectivity index is 1.69. The zero-order chi connectivity index (χ0) is 15.5. The topological polar surface area (TPSA) is 76.7 Å². The Bertz CT molecular complexity index is 711. The van der Waals surface area contributed by atoms with Gasteiger partial charge >= 0.3 is 0 Å². The number of amidine groups is 1. The van der Waals surface area contributed by atoms with Gasteiger partial charge in [0.1, 0.15) is 12.6 Å². The summed E-state index contributed by atoms with van der Waals surface area (Å²) < 4.78 is 5.12. The number of nitrogens with one attached hydrogen (secondary N) is 1. The third-order valence-corrected chi connectivity index (χ3v) is 3.58. The van der Waals surface area contributed by atoms with Crippen LogP contribution in [0.5, 0.6) is 0 Å². The maximum absolute atomic E-state index is 12.2. The minimum atomic E-state index is -0.181. The summed E-state index contributed by atoms with van der Waals surface area (Å²) in [6.07, 6.45) is 0. The van der Waals surface area contributed by atoms with E-state index in [1.165, 1.54) is 0 Å². The van der Waals surface area contributed by atoms with Gasteiger partial charge in [-0.15, -0.1) is 0 Å². The molecule has 0 aromatic heterocycles. The molecule has 1 aliphatic heterocycles. The number of carbonyl (C=O) groups excluding carboxylic acids is 1. The van der Waals surface area contributed by atoms with Gasteiger partial charge in [0.15, 0.2) is 0 Å². The fourth-order valence-electron chi connectivity index (χ4n) is 2.16. The van der Waals surface area contributed by atoms with Gasteiger partial charge in [-0.1, -0.05) is 23.7 Å². The lowest BCUT2D eigenvalue weighted by molar-refractivity contribution is 0.102. The van der Waals surface area contributed by atoms with Crippen LogP contribution in [-0.4, -0.2) is 18.5 Å². The largest absolute Gasteiger partial charge is 0.463 e. The number of amides is 1. The van der Waals surface area contributed by atoms with Crippen LogP contribution in [0, 0.1) is 0 Å². The fourth-order valence-corrected chi connectivity index (χ4v) is 2.28. The zero-order valence-corrected chi connectivity index (χ0v) is 12.4. The molecule has 0 saturated heterocycles. The van der Waals surface area contributed by atoms with Crippen molar-refractivity contribution in [3.8, 4) is 0 Å². The third kappa shape index (κ3) is 3.20. The van der Waals surface area contributed by atoms with Crippen molar-refractivity contribution in [3.05, 3.63) is 64.7 Å². The van der Waals surface area contributed by atoms with Crippen LogP contribution in [0.3, 0.4) is 0 Å². The first-order chi connectivity index (χ1) is 10.6. The molecule has 2 aromatic carbocycles. The molecule has 0 fully saturated rings. The van der Waals surface area contributed by atoms with Gasteiger partial charge in [0.2, 0.25) is 0 Å². The summed E-state index contributed by atoms with van der Waals surface area (Å²) in [5, 5.41) is 3.44. The molecular weight excluding hydrogens is 302 g/mol. The first kappa shape index (κ1) is 14.4. The molecule has 112 valence electrons. The average molecular weight is 316 g/mol. The highest BCUT2D eigenvalue weighted by Gasteiger charge is 2.18. The van der Waals surface area contributed by atoms with E-state index in [4.69, 9.17) is 22.1 Å². The number of hydrogen-bond acceptors (Lipinski definition) is 4. The molecule has 1 amide bonds. The van der Waals surface area contributed by atoms with Gasteiger partial charge in [-0.05, 0) is 42.0 Å². The van der Waals surface area contributed by atoms with E-state index in [1.807, 2.05) is 12.1 Å². The van der Waals surface area contributed by atoms with Gasteiger partial charge in [0.25, 0.3) is 11.9 Å². The Hall–Kier alpha value is -2.53. The maximum Gasteiger partial charge on any atom is 0.282 e. The van der Waals surface area contributed by atoms with Crippen LogP contribution in [0.15, 0.2) is 53.5 Å². The van der Waals surface area contributed by atoms with Crippen molar-refractivity contribution in [1.82, 2.24) is 0 Å². The normalized spacial score (nSPS) is 16.8. The summed E-state index contributed by atoms with van der Waals surface area (Å²) in [6.45, 7) is 0.433. The Labute approximate surface area is 132 Å². The lowest BCUT2D eigenvalue weighted by Crippen LogP contribution is -2.12. The first-order valence-corrected chi connectivity index (χ1v) is 7.12. The van der Waals surface area contributed by atoms with Crippen molar-refractivity contribution in [1.29, 1.82) is 0 Å². The number of ether oxygens (including phenoxy) is 1. The first-order valence-electron chi connectivity index (χ1n) is 6.75. The predicted molar refractivity (Wildman–Crippen MR) is 86.2 cm³/mol. The Morgan fingerprint density at radius 1 is 1.18 bits per heavy atom. The SMILES string of the molecule is NC1=N[C@@H](c2ccc(C(=O)Nc3ccc(Cl)cc3)cc2)CO1. The van der Waals surface area contributed by atoms with E-state index in [-0.39, 0.29) is 18.0 Å². The standard InChI is InChI=1S/C16H14ClN3O2/c17-12-5-7-13(8-6-12)19-15(21)11-3-1-10(2-4-11)14-9-22-16(18)20-14/h1-8,14H,9H2,(H2,18,20)(H,19,21)/t14-/m1/s1. The van der Waals surface area contributed by atoms with E-state index in [9.17, 15) is 4.79 Å². The summed E-state index contributed by atoms with van der Waals surface area (Å²) in [5.41, 5.74) is 7.71. The molecule has 2 aromatic rings. The van der Waals surface area contributed by atoms with Gasteiger partial charge in [0.05, 0.1) is 0 Å². The van der Waals surface area contributed by atoms with Crippen LogP contribution in [0.25, 0.3) is 0 Å². The number of anilines is 1. The summed E-state index contributed by atoms with van der Waals surface area (Å²) in [6, 6.07) is 14.3. The second-order valence-corrected chi connectivity index (χ2v) is 5.31. The van der Waals surface area contributed by atoms with E-state index in [0.29, 0.717) is 22.9 Å². The Morgan fingerprint density at radius 3 is 2.45 bits per heavy atom. The Kier molecular flexibility index (Phi) is 3.98. The molecule has 0 bridgehead atoms. The monoisotopic (exact) mass is 315 g/mol. The van der Waals surface area contributed by atoms with E-state index >= 15 is 0 Å². The number of nitrogens with zero attached hydrogens (tertiary/aromatic N) is 1. The van der Waals surface area contributed by atoms with E-state index in [0.717, 1.165) is 5.56 Å². The second kappa shape index (κ2) is 6.07. The summed E-state index contributed by atoms with van der Waals surface area (Å²) in [4.78, 5) is 16.3. The number of rotatable bonds is 3. The molecule has 1 heterocycles. The molecule has 0 spiro atoms. The number of halogens is 1. The molecule has 3 rings (SSSR count). The average Bonchev–Trinajstić information content (AvgIpc) is 2.96. The van der Waals surface area contributed by atoms with Crippen molar-refractivity contribution in [2.24, 2.45) is 10.7 Å². The highest BCUT2D eigenvalue weighted by atomic mass is 35.5. The van der Waals surface area contributed by atoms with Crippen molar-refractivity contribution < 1.29 is 9.53 Å². The smallest absolute Gasteiger partial charge is 0.282 e. The van der Waals surface area contributed by atoms with Gasteiger partial charge < -0.3 is 15.8 Å². The Morgan fingerprint density at radius 2 is 1.86 bits per heavy atom. The van der Waals surface area contributed by atoms with E-state index in [1.54, 1.807) is 36.4 Å². The maximum atomic E-state index is 12.2. The van der Waals surface area contributed by atoms with Gasteiger partial charge in [-0.25, -0.2) is 4.99 Å².